The summed E-state index contributed by atoms with van der Waals surface area (Å²) in [5, 5.41) is 2.71. The SMILES string of the molecule is CC(C)CCN1C(=O)C(C)(C)COc2cc(NC(=O)Oc3ccccc3)ccc21. The fourth-order valence-corrected chi connectivity index (χ4v) is 3.07. The molecule has 2 aromatic rings. The lowest BCUT2D eigenvalue weighted by Crippen LogP contribution is -2.42. The highest BCUT2D eigenvalue weighted by molar-refractivity contribution is 6.00. The minimum atomic E-state index is -0.629. The first kappa shape index (κ1) is 20.7. The van der Waals surface area contributed by atoms with Gasteiger partial charge in [-0.25, -0.2) is 4.79 Å². The van der Waals surface area contributed by atoms with E-state index in [0.717, 1.165) is 12.1 Å². The van der Waals surface area contributed by atoms with E-state index in [4.69, 9.17) is 9.47 Å². The van der Waals surface area contributed by atoms with E-state index in [0.29, 0.717) is 29.6 Å². The topological polar surface area (TPSA) is 67.9 Å². The molecular weight excluding hydrogens is 368 g/mol. The summed E-state index contributed by atoms with van der Waals surface area (Å²) in [7, 11) is 0. The van der Waals surface area contributed by atoms with Crippen LogP contribution in [0.1, 0.15) is 34.1 Å². The molecule has 154 valence electrons. The molecule has 29 heavy (non-hydrogen) atoms. The number of rotatable bonds is 5. The number of hydrogen-bond donors (Lipinski definition) is 1. The van der Waals surface area contributed by atoms with Crippen molar-refractivity contribution in [2.75, 3.05) is 23.4 Å². The predicted molar refractivity (Wildman–Crippen MR) is 114 cm³/mol. The van der Waals surface area contributed by atoms with Crippen LogP contribution in [0.2, 0.25) is 0 Å². The fraction of sp³-hybridized carbons (Fsp3) is 0.391. The molecule has 1 aliphatic rings. The van der Waals surface area contributed by atoms with Crippen molar-refractivity contribution in [1.29, 1.82) is 0 Å². The molecule has 0 saturated heterocycles. The third-order valence-corrected chi connectivity index (χ3v) is 4.79. The van der Waals surface area contributed by atoms with Gasteiger partial charge in [-0.15, -0.1) is 0 Å². The number of carbonyl (C=O) groups is 2. The minimum Gasteiger partial charge on any atom is -0.490 e. The van der Waals surface area contributed by atoms with E-state index in [1.807, 2.05) is 26.0 Å². The Labute approximate surface area is 171 Å². The largest absolute Gasteiger partial charge is 0.490 e. The second kappa shape index (κ2) is 8.55. The Morgan fingerprint density at radius 2 is 1.93 bits per heavy atom. The number of ether oxygens (including phenoxy) is 2. The van der Waals surface area contributed by atoms with Gasteiger partial charge in [0.1, 0.15) is 18.1 Å². The van der Waals surface area contributed by atoms with Crippen LogP contribution in [0.5, 0.6) is 11.5 Å². The molecule has 6 heteroatoms. The lowest BCUT2D eigenvalue weighted by atomic mass is 9.92. The fourth-order valence-electron chi connectivity index (χ4n) is 3.07. The van der Waals surface area contributed by atoms with Crippen molar-refractivity contribution in [3.05, 3.63) is 48.5 Å². The molecular formula is C23H28N2O4. The molecule has 0 saturated carbocycles. The number of amides is 2. The van der Waals surface area contributed by atoms with Crippen molar-refractivity contribution in [3.63, 3.8) is 0 Å². The molecule has 1 N–H and O–H groups in total. The maximum Gasteiger partial charge on any atom is 0.417 e. The van der Waals surface area contributed by atoms with Gasteiger partial charge < -0.3 is 14.4 Å². The van der Waals surface area contributed by atoms with Crippen molar-refractivity contribution in [1.82, 2.24) is 0 Å². The molecule has 3 rings (SSSR count). The maximum absolute atomic E-state index is 13.1. The van der Waals surface area contributed by atoms with Crippen LogP contribution in [-0.2, 0) is 4.79 Å². The van der Waals surface area contributed by atoms with Crippen LogP contribution in [0.15, 0.2) is 48.5 Å². The first-order valence-electron chi connectivity index (χ1n) is 9.89. The Hall–Kier alpha value is -3.02. The number of hydrogen-bond acceptors (Lipinski definition) is 4. The van der Waals surface area contributed by atoms with Crippen LogP contribution >= 0.6 is 0 Å². The molecule has 2 aromatic carbocycles. The average Bonchev–Trinajstić information content (AvgIpc) is 2.76. The van der Waals surface area contributed by atoms with Gasteiger partial charge in [-0.05, 0) is 50.5 Å². The van der Waals surface area contributed by atoms with Gasteiger partial charge in [0.25, 0.3) is 0 Å². The summed E-state index contributed by atoms with van der Waals surface area (Å²) >= 11 is 0. The number of benzene rings is 2. The van der Waals surface area contributed by atoms with Crippen LogP contribution in [0, 0.1) is 11.3 Å². The zero-order valence-electron chi connectivity index (χ0n) is 17.4. The molecule has 6 nitrogen and oxygen atoms in total. The van der Waals surface area contributed by atoms with Gasteiger partial charge in [0.2, 0.25) is 5.91 Å². The average molecular weight is 396 g/mol. The Morgan fingerprint density at radius 1 is 1.21 bits per heavy atom. The summed E-state index contributed by atoms with van der Waals surface area (Å²) in [6, 6.07) is 14.2. The minimum absolute atomic E-state index is 0.0427. The molecule has 1 aliphatic heterocycles. The van der Waals surface area contributed by atoms with E-state index in [1.54, 1.807) is 41.3 Å². The van der Waals surface area contributed by atoms with Crippen LogP contribution < -0.4 is 19.7 Å². The van der Waals surface area contributed by atoms with Crippen molar-refractivity contribution in [2.24, 2.45) is 11.3 Å². The van der Waals surface area contributed by atoms with E-state index in [9.17, 15) is 9.59 Å². The molecule has 1 heterocycles. The number of nitrogens with one attached hydrogen (secondary N) is 1. The van der Waals surface area contributed by atoms with Gasteiger partial charge in [-0.2, -0.15) is 0 Å². The van der Waals surface area contributed by atoms with Gasteiger partial charge in [-0.1, -0.05) is 32.0 Å². The normalized spacial score (nSPS) is 15.3. The van der Waals surface area contributed by atoms with E-state index < -0.39 is 11.5 Å². The summed E-state index contributed by atoms with van der Waals surface area (Å²) in [5.41, 5.74) is 0.638. The van der Waals surface area contributed by atoms with Gasteiger partial charge in [0.05, 0.1) is 11.1 Å². The molecule has 0 fully saturated rings. The number of anilines is 2. The van der Waals surface area contributed by atoms with Crippen LogP contribution in [-0.4, -0.2) is 25.2 Å². The highest BCUT2D eigenvalue weighted by Gasteiger charge is 2.37. The maximum atomic E-state index is 13.1. The van der Waals surface area contributed by atoms with Gasteiger partial charge >= 0.3 is 6.09 Å². The van der Waals surface area contributed by atoms with E-state index in [-0.39, 0.29) is 12.5 Å². The second-order valence-electron chi connectivity index (χ2n) is 8.32. The van der Waals surface area contributed by atoms with Crippen molar-refractivity contribution < 1.29 is 19.1 Å². The third-order valence-electron chi connectivity index (χ3n) is 4.79. The molecule has 0 radical (unpaired) electrons. The highest BCUT2D eigenvalue weighted by Crippen LogP contribution is 2.38. The van der Waals surface area contributed by atoms with Crippen LogP contribution in [0.4, 0.5) is 16.2 Å². The number of para-hydroxylation sites is 1. The molecule has 0 spiro atoms. The Balaban J connectivity index is 1.80. The zero-order valence-corrected chi connectivity index (χ0v) is 17.4. The van der Waals surface area contributed by atoms with Gasteiger partial charge in [-0.3, -0.25) is 10.1 Å². The smallest absolute Gasteiger partial charge is 0.417 e. The highest BCUT2D eigenvalue weighted by atomic mass is 16.6. The Kier molecular flexibility index (Phi) is 6.11. The summed E-state index contributed by atoms with van der Waals surface area (Å²) in [6.07, 6.45) is 0.308. The van der Waals surface area contributed by atoms with E-state index in [1.165, 1.54) is 0 Å². The standard InChI is InChI=1S/C23H28N2O4/c1-16(2)12-13-25-19-11-10-17(14-20(19)28-15-23(3,4)21(25)26)24-22(27)29-18-8-6-5-7-9-18/h5-11,14,16H,12-13,15H2,1-4H3,(H,24,27). The van der Waals surface area contributed by atoms with Crippen molar-refractivity contribution in [2.45, 2.75) is 34.1 Å². The predicted octanol–water partition coefficient (Wildman–Crippen LogP) is 5.10. The van der Waals surface area contributed by atoms with E-state index >= 15 is 0 Å². The molecule has 0 bridgehead atoms. The second-order valence-corrected chi connectivity index (χ2v) is 8.32. The monoisotopic (exact) mass is 396 g/mol. The van der Waals surface area contributed by atoms with Gasteiger partial charge in [0.15, 0.2) is 0 Å². The first-order chi connectivity index (χ1) is 13.8. The first-order valence-corrected chi connectivity index (χ1v) is 9.89. The van der Waals surface area contributed by atoms with Crippen LogP contribution in [0.3, 0.4) is 0 Å². The summed E-state index contributed by atoms with van der Waals surface area (Å²) in [4.78, 5) is 27.0. The van der Waals surface area contributed by atoms with Crippen molar-refractivity contribution >= 4 is 23.4 Å². The third kappa shape index (κ3) is 5.08. The number of fused-ring (bicyclic) bond motifs is 1. The zero-order chi connectivity index (χ0) is 21.0. The Morgan fingerprint density at radius 3 is 2.62 bits per heavy atom. The van der Waals surface area contributed by atoms with Gasteiger partial charge in [0, 0.05) is 18.3 Å². The molecule has 0 atom stereocenters. The molecule has 0 aromatic heterocycles. The lowest BCUT2D eigenvalue weighted by Gasteiger charge is -2.28. The summed E-state index contributed by atoms with van der Waals surface area (Å²) < 4.78 is 11.2. The number of carbonyl (C=O) groups excluding carboxylic acids is 2. The lowest BCUT2D eigenvalue weighted by molar-refractivity contribution is -0.127. The van der Waals surface area contributed by atoms with E-state index in [2.05, 4.69) is 19.2 Å². The molecule has 0 unspecified atom stereocenters. The number of nitrogens with zero attached hydrogens (tertiary/aromatic N) is 1. The van der Waals surface area contributed by atoms with Crippen LogP contribution in [0.25, 0.3) is 0 Å². The quantitative estimate of drug-likeness (QED) is 0.764. The molecule has 2 amide bonds. The van der Waals surface area contributed by atoms with Crippen molar-refractivity contribution in [3.8, 4) is 11.5 Å². The summed E-state index contributed by atoms with van der Waals surface area (Å²) in [5.74, 6) is 1.56. The summed E-state index contributed by atoms with van der Waals surface area (Å²) in [6.45, 7) is 8.94. The molecule has 0 aliphatic carbocycles. The Bertz CT molecular complexity index is 878.